The first kappa shape index (κ1) is 19.1. The fourth-order valence-electron chi connectivity index (χ4n) is 2.91. The van der Waals surface area contributed by atoms with E-state index in [0.29, 0.717) is 19.4 Å². The van der Waals surface area contributed by atoms with Crippen LogP contribution in [0.1, 0.15) is 68.2 Å². The third-order valence-electron chi connectivity index (χ3n) is 3.30. The highest BCUT2D eigenvalue weighted by atomic mass is 16.5. The highest BCUT2D eigenvalue weighted by Crippen LogP contribution is 2.41. The molecule has 3 nitrogen and oxygen atoms in total. The first-order valence-electron chi connectivity index (χ1n) is 7.69. The quantitative estimate of drug-likeness (QED) is 0.518. The van der Waals surface area contributed by atoms with Crippen LogP contribution < -0.4 is 0 Å². The molecule has 0 aromatic heterocycles. The van der Waals surface area contributed by atoms with E-state index in [9.17, 15) is 9.59 Å². The molecule has 0 aliphatic heterocycles. The molecule has 0 radical (unpaired) electrons. The van der Waals surface area contributed by atoms with Gasteiger partial charge in [0.25, 0.3) is 0 Å². The van der Waals surface area contributed by atoms with Crippen LogP contribution in [0.5, 0.6) is 0 Å². The summed E-state index contributed by atoms with van der Waals surface area (Å²) in [5.74, 6) is 0.196. The molecule has 0 rings (SSSR count). The van der Waals surface area contributed by atoms with Crippen molar-refractivity contribution in [2.75, 3.05) is 6.61 Å². The molecular weight excluding hydrogens is 252 g/mol. The van der Waals surface area contributed by atoms with Crippen LogP contribution in [0.4, 0.5) is 0 Å². The predicted molar refractivity (Wildman–Crippen MR) is 82.4 cm³/mol. The Morgan fingerprint density at radius 3 is 1.60 bits per heavy atom. The standard InChI is InChI=1S/C17H32O3/c1-9-20-15(19)17(10-12(2)3,11-13(4)5)14(18)16(6,7)8/h12-13H,9-11H2,1-8H3. The number of ether oxygens (including phenoxy) is 1. The summed E-state index contributed by atoms with van der Waals surface area (Å²) in [5, 5.41) is 0. The number of hydrogen-bond acceptors (Lipinski definition) is 3. The van der Waals surface area contributed by atoms with Gasteiger partial charge in [0.15, 0.2) is 5.78 Å². The van der Waals surface area contributed by atoms with Crippen molar-refractivity contribution >= 4 is 11.8 Å². The van der Waals surface area contributed by atoms with Crippen LogP contribution in [0.25, 0.3) is 0 Å². The minimum atomic E-state index is -1.00. The van der Waals surface area contributed by atoms with Gasteiger partial charge in [0, 0.05) is 5.41 Å². The number of carbonyl (C=O) groups excluding carboxylic acids is 2. The van der Waals surface area contributed by atoms with Crippen molar-refractivity contribution in [2.45, 2.75) is 68.2 Å². The summed E-state index contributed by atoms with van der Waals surface area (Å²) in [6.45, 7) is 15.9. The SMILES string of the molecule is CCOC(=O)C(CC(C)C)(CC(C)C)C(=O)C(C)(C)C. The molecule has 0 unspecified atom stereocenters. The predicted octanol–water partition coefficient (Wildman–Crippen LogP) is 4.24. The fraction of sp³-hybridized carbons (Fsp3) is 0.882. The van der Waals surface area contributed by atoms with Gasteiger partial charge in [-0.1, -0.05) is 48.5 Å². The first-order chi connectivity index (χ1) is 8.97. The molecule has 0 aliphatic carbocycles. The molecule has 0 atom stereocenters. The molecule has 0 spiro atoms. The van der Waals surface area contributed by atoms with E-state index in [1.54, 1.807) is 6.92 Å². The van der Waals surface area contributed by atoms with E-state index in [2.05, 4.69) is 0 Å². The van der Waals surface area contributed by atoms with Gasteiger partial charge in [-0.15, -0.1) is 0 Å². The Bertz CT molecular complexity index is 325. The van der Waals surface area contributed by atoms with E-state index in [4.69, 9.17) is 4.74 Å². The molecular formula is C17H32O3. The molecule has 3 heteroatoms. The monoisotopic (exact) mass is 284 g/mol. The normalized spacial score (nSPS) is 12.9. The van der Waals surface area contributed by atoms with Crippen LogP contribution in [0.3, 0.4) is 0 Å². The third kappa shape index (κ3) is 4.92. The summed E-state index contributed by atoms with van der Waals surface area (Å²) >= 11 is 0. The van der Waals surface area contributed by atoms with Gasteiger partial charge in [-0.25, -0.2) is 0 Å². The smallest absolute Gasteiger partial charge is 0.319 e. The number of hydrogen-bond donors (Lipinski definition) is 0. The molecule has 0 heterocycles. The second-order valence-corrected chi connectivity index (χ2v) is 7.58. The van der Waals surface area contributed by atoms with Crippen LogP contribution in [0.2, 0.25) is 0 Å². The van der Waals surface area contributed by atoms with Crippen LogP contribution in [0, 0.1) is 22.7 Å². The molecule has 0 aromatic rings. The van der Waals surface area contributed by atoms with Crippen molar-refractivity contribution in [3.05, 3.63) is 0 Å². The van der Waals surface area contributed by atoms with Crippen molar-refractivity contribution in [1.82, 2.24) is 0 Å². The van der Waals surface area contributed by atoms with Crippen molar-refractivity contribution in [1.29, 1.82) is 0 Å². The molecule has 20 heavy (non-hydrogen) atoms. The molecule has 118 valence electrons. The summed E-state index contributed by atoms with van der Waals surface area (Å²) in [4.78, 5) is 25.6. The zero-order valence-corrected chi connectivity index (χ0v) is 14.5. The van der Waals surface area contributed by atoms with Crippen LogP contribution >= 0.6 is 0 Å². The van der Waals surface area contributed by atoms with Crippen molar-refractivity contribution in [3.63, 3.8) is 0 Å². The van der Waals surface area contributed by atoms with Crippen molar-refractivity contribution < 1.29 is 14.3 Å². The molecule has 0 aliphatic rings. The summed E-state index contributed by atoms with van der Waals surface area (Å²) in [6, 6.07) is 0. The number of Topliss-reactive ketones (excluding diaryl/α,β-unsaturated/α-hetero) is 1. The first-order valence-corrected chi connectivity index (χ1v) is 7.69. The Balaban J connectivity index is 5.77. The molecule has 0 aromatic carbocycles. The minimum Gasteiger partial charge on any atom is -0.465 e. The van der Waals surface area contributed by atoms with E-state index >= 15 is 0 Å². The van der Waals surface area contributed by atoms with Gasteiger partial charge >= 0.3 is 5.97 Å². The largest absolute Gasteiger partial charge is 0.465 e. The van der Waals surface area contributed by atoms with E-state index in [1.165, 1.54) is 0 Å². The zero-order valence-electron chi connectivity index (χ0n) is 14.5. The number of esters is 1. The molecule has 0 amide bonds. The van der Waals surface area contributed by atoms with Crippen LogP contribution in [-0.4, -0.2) is 18.4 Å². The Morgan fingerprint density at radius 1 is 0.950 bits per heavy atom. The van der Waals surface area contributed by atoms with Gasteiger partial charge in [-0.05, 0) is 31.6 Å². The maximum atomic E-state index is 13.0. The highest BCUT2D eigenvalue weighted by Gasteiger charge is 2.51. The van der Waals surface area contributed by atoms with Crippen LogP contribution in [-0.2, 0) is 14.3 Å². The van der Waals surface area contributed by atoms with E-state index in [-0.39, 0.29) is 23.6 Å². The van der Waals surface area contributed by atoms with E-state index in [0.717, 1.165) is 0 Å². The van der Waals surface area contributed by atoms with Gasteiger partial charge in [0.2, 0.25) is 0 Å². The number of ketones is 1. The lowest BCUT2D eigenvalue weighted by atomic mass is 9.65. The van der Waals surface area contributed by atoms with Crippen molar-refractivity contribution in [2.24, 2.45) is 22.7 Å². The second kappa shape index (κ2) is 7.24. The van der Waals surface area contributed by atoms with Gasteiger partial charge < -0.3 is 4.74 Å². The number of carbonyl (C=O) groups is 2. The highest BCUT2D eigenvalue weighted by molar-refractivity contribution is 6.06. The van der Waals surface area contributed by atoms with E-state index in [1.807, 2.05) is 48.5 Å². The maximum absolute atomic E-state index is 13.0. The maximum Gasteiger partial charge on any atom is 0.319 e. The minimum absolute atomic E-state index is 0.00542. The molecule has 0 fully saturated rings. The second-order valence-electron chi connectivity index (χ2n) is 7.58. The van der Waals surface area contributed by atoms with E-state index < -0.39 is 10.8 Å². The molecule has 0 saturated carbocycles. The molecule has 0 bridgehead atoms. The van der Waals surface area contributed by atoms with Gasteiger partial charge in [-0.2, -0.15) is 0 Å². The topological polar surface area (TPSA) is 43.4 Å². The Kier molecular flexibility index (Phi) is 6.92. The average molecular weight is 284 g/mol. The lowest BCUT2D eigenvalue weighted by Gasteiger charge is -2.37. The molecule has 0 N–H and O–H groups in total. The molecule has 0 saturated heterocycles. The average Bonchev–Trinajstić information content (AvgIpc) is 2.24. The summed E-state index contributed by atoms with van der Waals surface area (Å²) < 4.78 is 5.27. The summed E-state index contributed by atoms with van der Waals surface area (Å²) in [7, 11) is 0. The Hall–Kier alpha value is -0.860. The third-order valence-corrected chi connectivity index (χ3v) is 3.30. The fourth-order valence-corrected chi connectivity index (χ4v) is 2.91. The van der Waals surface area contributed by atoms with Crippen molar-refractivity contribution in [3.8, 4) is 0 Å². The lowest BCUT2D eigenvalue weighted by molar-refractivity contribution is -0.166. The zero-order chi connectivity index (χ0) is 16.1. The Morgan fingerprint density at radius 2 is 1.35 bits per heavy atom. The lowest BCUT2D eigenvalue weighted by Crippen LogP contribution is -2.48. The number of rotatable bonds is 7. The van der Waals surface area contributed by atoms with Crippen LogP contribution in [0.15, 0.2) is 0 Å². The summed E-state index contributed by atoms with van der Waals surface area (Å²) in [5.41, 5.74) is -1.55. The van der Waals surface area contributed by atoms with Gasteiger partial charge in [0.05, 0.1) is 6.61 Å². The summed E-state index contributed by atoms with van der Waals surface area (Å²) in [6.07, 6.45) is 1.11. The Labute approximate surface area is 124 Å². The van der Waals surface area contributed by atoms with Gasteiger partial charge in [0.1, 0.15) is 5.41 Å². The van der Waals surface area contributed by atoms with Gasteiger partial charge in [-0.3, -0.25) is 9.59 Å².